The van der Waals surface area contributed by atoms with Gasteiger partial charge in [-0.1, -0.05) is 39.0 Å². The number of carbonyl (C=O) groups is 1. The topological polar surface area (TPSA) is 228 Å². The van der Waals surface area contributed by atoms with Crippen molar-refractivity contribution in [3.63, 3.8) is 0 Å². The molecule has 2 aliphatic heterocycles. The van der Waals surface area contributed by atoms with Crippen LogP contribution in [0.25, 0.3) is 0 Å². The maximum atomic E-state index is 11.9. The third-order valence-corrected chi connectivity index (χ3v) is 6.51. The van der Waals surface area contributed by atoms with Crippen molar-refractivity contribution in [2.24, 2.45) is 5.73 Å². The van der Waals surface area contributed by atoms with E-state index in [-0.39, 0.29) is 31.5 Å². The molecule has 0 spiro atoms. The van der Waals surface area contributed by atoms with Gasteiger partial charge in [0, 0.05) is 13.5 Å². The predicted octanol–water partition coefficient (Wildman–Crippen LogP) is -6.72. The molecule has 1 amide bonds. The Morgan fingerprint density at radius 3 is 2.21 bits per heavy atom. The number of rotatable bonds is 16. The molecule has 2 aliphatic rings. The second-order valence-electron chi connectivity index (χ2n) is 9.79. The molecule has 0 bridgehead atoms. The molecule has 2 rings (SSSR count). The van der Waals surface area contributed by atoms with Gasteiger partial charge in [0.15, 0.2) is 12.6 Å². The number of nitrogens with two attached hydrogens (primary N) is 2. The average molecular weight is 588 g/mol. The van der Waals surface area contributed by atoms with Crippen LogP contribution in [0.3, 0.4) is 0 Å². The van der Waals surface area contributed by atoms with Crippen molar-refractivity contribution >= 4 is 11.7 Å². The molecule has 10 N–H and O–H groups in total. The summed E-state index contributed by atoms with van der Waals surface area (Å²) in [6.07, 6.45) is -6.26. The van der Waals surface area contributed by atoms with Gasteiger partial charge in [-0.2, -0.15) is 0 Å². The van der Waals surface area contributed by atoms with E-state index >= 15 is 0 Å². The molecule has 10 atom stereocenters. The van der Waals surface area contributed by atoms with Crippen LogP contribution >= 0.6 is 0 Å². The highest BCUT2D eigenvalue weighted by Gasteiger charge is 2.51. The Morgan fingerprint density at radius 2 is 1.59 bits per heavy atom. The third kappa shape index (κ3) is 11.0. The van der Waals surface area contributed by atoms with Crippen LogP contribution in [-0.2, 0) is 28.5 Å². The number of halogens is 1. The lowest BCUT2D eigenvalue weighted by molar-refractivity contribution is -0.349. The van der Waals surface area contributed by atoms with Gasteiger partial charge in [-0.15, -0.1) is 0 Å². The number of nitrogens with one attached hydrogen (secondary N) is 1. The average Bonchev–Trinajstić information content (AvgIpc) is 2.87. The van der Waals surface area contributed by atoms with Crippen LogP contribution in [0.15, 0.2) is 0 Å². The summed E-state index contributed by atoms with van der Waals surface area (Å²) in [7, 11) is 0. The lowest BCUT2D eigenvalue weighted by Crippen LogP contribution is -3.00. The van der Waals surface area contributed by atoms with Crippen molar-refractivity contribution < 1.29 is 71.8 Å². The lowest BCUT2D eigenvalue weighted by atomic mass is 9.95. The van der Waals surface area contributed by atoms with Crippen molar-refractivity contribution in [1.29, 1.82) is 0 Å². The minimum Gasteiger partial charge on any atom is -1.00 e. The molecule has 2 fully saturated rings. The fraction of sp³-hybridized carbons (Fsp3) is 0.917. The van der Waals surface area contributed by atoms with Crippen LogP contribution in [0.4, 0.5) is 0 Å². The monoisotopic (exact) mass is 587 g/mol. The van der Waals surface area contributed by atoms with E-state index in [1.807, 2.05) is 0 Å². The summed E-state index contributed by atoms with van der Waals surface area (Å²) in [4.78, 5) is 11.9. The largest absolute Gasteiger partial charge is 1.00 e. The van der Waals surface area contributed by atoms with Gasteiger partial charge in [-0.25, -0.2) is 0 Å². The van der Waals surface area contributed by atoms with Crippen LogP contribution in [0.2, 0.25) is 0 Å². The van der Waals surface area contributed by atoms with E-state index in [1.54, 1.807) is 0 Å². The highest BCUT2D eigenvalue weighted by Crippen LogP contribution is 2.30. The SMILES string of the molecule is CCCCCCCCO[C@@H]1O[C@H](COCC(N)=[NH2+])[C@@H](O[C@@H]2O[C@H](CO)[C@H](O)[C@H](O)[C@H]2O)[C@H](O)[C@H]1NC(C)=O.[Cl-]. The molecule has 2 heterocycles. The van der Waals surface area contributed by atoms with E-state index < -0.39 is 73.9 Å². The van der Waals surface area contributed by atoms with E-state index in [9.17, 15) is 30.3 Å². The zero-order valence-corrected chi connectivity index (χ0v) is 23.3. The van der Waals surface area contributed by atoms with E-state index in [2.05, 4.69) is 12.2 Å². The summed E-state index contributed by atoms with van der Waals surface area (Å²) in [6.45, 7) is 2.82. The van der Waals surface area contributed by atoms with Gasteiger partial charge < -0.3 is 66.9 Å². The lowest BCUT2D eigenvalue weighted by Gasteiger charge is -2.47. The Balaban J connectivity index is 0.00000760. The van der Waals surface area contributed by atoms with Crippen molar-refractivity contribution in [2.75, 3.05) is 26.4 Å². The fourth-order valence-corrected chi connectivity index (χ4v) is 4.46. The first-order chi connectivity index (χ1) is 18.1. The number of carbonyl (C=O) groups excluding carboxylic acids is 1. The number of hydrogen-bond acceptors (Lipinski definition) is 11. The first-order valence-electron chi connectivity index (χ1n) is 13.2. The Morgan fingerprint density at radius 1 is 0.949 bits per heavy atom. The van der Waals surface area contributed by atoms with E-state index in [0.717, 1.165) is 32.1 Å². The molecule has 230 valence electrons. The molecule has 0 aliphatic carbocycles. The molecule has 0 aromatic heterocycles. The minimum absolute atomic E-state index is 0. The van der Waals surface area contributed by atoms with E-state index in [4.69, 9.17) is 34.8 Å². The van der Waals surface area contributed by atoms with Crippen LogP contribution in [0.1, 0.15) is 52.4 Å². The Bertz CT molecular complexity index is 723. The second-order valence-corrected chi connectivity index (χ2v) is 9.79. The molecule has 0 radical (unpaired) electrons. The maximum absolute atomic E-state index is 11.9. The summed E-state index contributed by atoms with van der Waals surface area (Å²) in [5.41, 5.74) is 5.47. The number of aliphatic hydroxyl groups is 5. The first kappa shape index (κ1) is 35.9. The van der Waals surface area contributed by atoms with E-state index in [0.29, 0.717) is 6.61 Å². The maximum Gasteiger partial charge on any atom is 0.264 e. The van der Waals surface area contributed by atoms with Crippen molar-refractivity contribution in [1.82, 2.24) is 5.32 Å². The molecule has 0 aromatic rings. The van der Waals surface area contributed by atoms with Gasteiger partial charge in [0.05, 0.1) is 13.2 Å². The summed E-state index contributed by atoms with van der Waals surface area (Å²) >= 11 is 0. The molecule has 0 aromatic carbocycles. The molecule has 39 heavy (non-hydrogen) atoms. The normalized spacial score (nSPS) is 34.7. The Hall–Kier alpha value is -1.17. The summed E-state index contributed by atoms with van der Waals surface area (Å²) < 4.78 is 28.7. The molecular formula is C24H46ClN3O11. The number of amides is 1. The number of unbranched alkanes of at least 4 members (excludes halogenated alkanes) is 5. The van der Waals surface area contributed by atoms with Crippen LogP contribution in [-0.4, -0.2) is 125 Å². The van der Waals surface area contributed by atoms with Gasteiger partial charge in [-0.05, 0) is 6.42 Å². The van der Waals surface area contributed by atoms with Gasteiger partial charge in [-0.3, -0.25) is 15.9 Å². The first-order valence-corrected chi connectivity index (χ1v) is 13.2. The van der Waals surface area contributed by atoms with Gasteiger partial charge in [0.2, 0.25) is 5.91 Å². The number of ether oxygens (including phenoxy) is 5. The molecule has 2 saturated heterocycles. The number of amidine groups is 1. The molecule has 14 nitrogen and oxygen atoms in total. The molecule has 0 saturated carbocycles. The number of aliphatic hydroxyl groups excluding tert-OH is 5. The van der Waals surface area contributed by atoms with Crippen molar-refractivity contribution in [3.8, 4) is 0 Å². The molecule has 0 unspecified atom stereocenters. The Kier molecular flexibility index (Phi) is 16.8. The highest BCUT2D eigenvalue weighted by atomic mass is 35.5. The smallest absolute Gasteiger partial charge is 0.264 e. The summed E-state index contributed by atoms with van der Waals surface area (Å²) in [5.74, 6) is -0.433. The van der Waals surface area contributed by atoms with Gasteiger partial charge in [0.1, 0.15) is 55.4 Å². The summed E-state index contributed by atoms with van der Waals surface area (Å²) in [6, 6.07) is -1.05. The third-order valence-electron chi connectivity index (χ3n) is 6.51. The van der Waals surface area contributed by atoms with Crippen LogP contribution in [0, 0.1) is 0 Å². The fourth-order valence-electron chi connectivity index (χ4n) is 4.46. The minimum atomic E-state index is -1.71. The summed E-state index contributed by atoms with van der Waals surface area (Å²) in [5, 5.41) is 59.5. The zero-order valence-electron chi connectivity index (χ0n) is 22.6. The van der Waals surface area contributed by atoms with Crippen LogP contribution in [0.5, 0.6) is 0 Å². The van der Waals surface area contributed by atoms with Crippen LogP contribution < -0.4 is 28.9 Å². The van der Waals surface area contributed by atoms with Crippen molar-refractivity contribution in [3.05, 3.63) is 0 Å². The second kappa shape index (κ2) is 18.3. The number of hydrogen-bond donors (Lipinski definition) is 8. The van der Waals surface area contributed by atoms with Crippen molar-refractivity contribution in [2.45, 2.75) is 114 Å². The zero-order chi connectivity index (χ0) is 28.2. The standard InChI is InChI=1S/C24H45N3O11.ClH/c1-3-4-5-6-7-8-9-35-23-17(27-13(2)29)19(31)22(15(37-23)11-34-12-16(25)26)38-24-21(33)20(32)18(30)14(10-28)36-24;/h14-15,17-24,28,30-33H,3-12H2,1-2H3,(H3,25,26)(H,27,29);1H/t14-,15-,17-,18+,19-,20+,21-,22-,23-,24+;/m1./s1. The highest BCUT2D eigenvalue weighted by molar-refractivity contribution is 5.75. The Labute approximate surface area is 235 Å². The van der Waals surface area contributed by atoms with E-state index in [1.165, 1.54) is 13.3 Å². The molecular weight excluding hydrogens is 542 g/mol. The van der Waals surface area contributed by atoms with Gasteiger partial charge >= 0.3 is 0 Å². The quantitative estimate of drug-likeness (QED) is 0.0479. The predicted molar refractivity (Wildman–Crippen MR) is 132 cm³/mol. The molecule has 15 heteroatoms. The van der Waals surface area contributed by atoms with Gasteiger partial charge in [0.25, 0.3) is 5.84 Å².